The van der Waals surface area contributed by atoms with Crippen LogP contribution >= 0.6 is 11.6 Å². The number of pyridine rings is 1. The van der Waals surface area contributed by atoms with Gasteiger partial charge < -0.3 is 15.6 Å². The first-order valence-corrected chi connectivity index (χ1v) is 6.35. The zero-order valence-electron chi connectivity index (χ0n) is 10.9. The van der Waals surface area contributed by atoms with Crippen LogP contribution in [0.3, 0.4) is 0 Å². The molecule has 0 saturated heterocycles. The maximum Gasteiger partial charge on any atom is 0.251 e. The third-order valence-corrected chi connectivity index (χ3v) is 3.03. The Morgan fingerprint density at radius 1 is 1.35 bits per heavy atom. The molecule has 1 aromatic heterocycles. The monoisotopic (exact) mass is 291 g/mol. The van der Waals surface area contributed by atoms with Crippen LogP contribution < -0.4 is 16.6 Å². The van der Waals surface area contributed by atoms with Crippen molar-refractivity contribution in [2.45, 2.75) is 13.5 Å². The molecule has 1 amide bonds. The van der Waals surface area contributed by atoms with E-state index >= 15 is 0 Å². The van der Waals surface area contributed by atoms with Gasteiger partial charge >= 0.3 is 0 Å². The molecule has 5 nitrogen and oxygen atoms in total. The normalized spacial score (nSPS) is 10.3. The fourth-order valence-corrected chi connectivity index (χ4v) is 1.92. The Morgan fingerprint density at radius 2 is 2.10 bits per heavy atom. The minimum Gasteiger partial charge on any atom is -0.398 e. The number of nitrogens with one attached hydrogen (secondary N) is 1. The highest BCUT2D eigenvalue weighted by molar-refractivity contribution is 6.31. The molecule has 104 valence electrons. The Hall–Kier alpha value is -2.27. The number of nitrogens with zero attached hydrogens (tertiary/aromatic N) is 1. The van der Waals surface area contributed by atoms with Crippen molar-refractivity contribution in [1.29, 1.82) is 0 Å². The van der Waals surface area contributed by atoms with Crippen molar-refractivity contribution in [1.82, 2.24) is 4.57 Å². The minimum absolute atomic E-state index is 0.101. The molecule has 0 unspecified atom stereocenters. The average molecular weight is 292 g/mol. The molecule has 1 heterocycles. The van der Waals surface area contributed by atoms with E-state index in [-0.39, 0.29) is 18.0 Å². The molecule has 0 radical (unpaired) electrons. The van der Waals surface area contributed by atoms with Gasteiger partial charge in [-0.1, -0.05) is 17.7 Å². The molecule has 0 aliphatic rings. The van der Waals surface area contributed by atoms with Crippen LogP contribution in [-0.2, 0) is 11.3 Å². The predicted octanol–water partition coefficient (Wildman–Crippen LogP) is 2.03. The predicted molar refractivity (Wildman–Crippen MR) is 79.9 cm³/mol. The number of amides is 1. The molecule has 1 aromatic carbocycles. The number of aryl methyl sites for hydroxylation is 1. The summed E-state index contributed by atoms with van der Waals surface area (Å²) in [6, 6.07) is 8.04. The summed E-state index contributed by atoms with van der Waals surface area (Å²) in [4.78, 5) is 23.5. The van der Waals surface area contributed by atoms with Crippen LogP contribution in [0, 0.1) is 6.92 Å². The van der Waals surface area contributed by atoms with E-state index < -0.39 is 0 Å². The number of hydrogen-bond donors (Lipinski definition) is 2. The molecule has 2 aromatic rings. The lowest BCUT2D eigenvalue weighted by Gasteiger charge is -2.10. The maximum absolute atomic E-state index is 12.0. The standard InChI is InChI=1S/C14H14ClN3O2/c1-9-2-3-10(15)6-12(9)17-13(19)8-18-7-11(16)4-5-14(18)20/h2-7H,8,16H2,1H3,(H,17,19). The van der Waals surface area contributed by atoms with Crippen molar-refractivity contribution in [3.8, 4) is 0 Å². The Labute approximate surface area is 121 Å². The lowest BCUT2D eigenvalue weighted by molar-refractivity contribution is -0.116. The number of carbonyl (C=O) groups excluding carboxylic acids is 1. The van der Waals surface area contributed by atoms with E-state index in [4.69, 9.17) is 17.3 Å². The highest BCUT2D eigenvalue weighted by Crippen LogP contribution is 2.20. The second-order valence-corrected chi connectivity index (χ2v) is 4.87. The molecule has 6 heteroatoms. The number of rotatable bonds is 3. The zero-order valence-corrected chi connectivity index (χ0v) is 11.6. The van der Waals surface area contributed by atoms with E-state index in [1.807, 2.05) is 13.0 Å². The van der Waals surface area contributed by atoms with Gasteiger partial charge in [0.25, 0.3) is 5.56 Å². The molecule has 0 saturated carbocycles. The van der Waals surface area contributed by atoms with Gasteiger partial charge in [-0.05, 0) is 30.7 Å². The van der Waals surface area contributed by atoms with Gasteiger partial charge in [-0.2, -0.15) is 0 Å². The number of nitrogen functional groups attached to an aromatic ring is 1. The van der Waals surface area contributed by atoms with Gasteiger partial charge in [0.05, 0.1) is 0 Å². The lowest BCUT2D eigenvalue weighted by atomic mass is 10.2. The smallest absolute Gasteiger partial charge is 0.251 e. The van der Waals surface area contributed by atoms with Crippen LogP contribution in [-0.4, -0.2) is 10.5 Å². The Kier molecular flexibility index (Phi) is 4.10. The maximum atomic E-state index is 12.0. The van der Waals surface area contributed by atoms with E-state index in [1.54, 1.807) is 12.1 Å². The summed E-state index contributed by atoms with van der Waals surface area (Å²) in [6.45, 7) is 1.76. The van der Waals surface area contributed by atoms with E-state index in [1.165, 1.54) is 22.9 Å². The van der Waals surface area contributed by atoms with Crippen molar-refractivity contribution >= 4 is 28.9 Å². The Balaban J connectivity index is 2.15. The van der Waals surface area contributed by atoms with Crippen molar-refractivity contribution in [3.05, 3.63) is 57.5 Å². The molecular formula is C14H14ClN3O2. The molecule has 3 N–H and O–H groups in total. The summed E-state index contributed by atoms with van der Waals surface area (Å²) in [7, 11) is 0. The molecule has 0 aliphatic heterocycles. The summed E-state index contributed by atoms with van der Waals surface area (Å²) in [5.74, 6) is -0.317. The number of hydrogen-bond acceptors (Lipinski definition) is 3. The van der Waals surface area contributed by atoms with Crippen molar-refractivity contribution in [2.24, 2.45) is 0 Å². The van der Waals surface area contributed by atoms with Crippen LogP contribution in [0.25, 0.3) is 0 Å². The quantitative estimate of drug-likeness (QED) is 0.908. The van der Waals surface area contributed by atoms with Gasteiger partial charge in [0.15, 0.2) is 0 Å². The van der Waals surface area contributed by atoms with Gasteiger partial charge in [-0.25, -0.2) is 0 Å². The van der Waals surface area contributed by atoms with Crippen molar-refractivity contribution in [2.75, 3.05) is 11.1 Å². The van der Waals surface area contributed by atoms with Crippen LogP contribution in [0.4, 0.5) is 11.4 Å². The molecule has 2 rings (SSSR count). The second kappa shape index (κ2) is 5.79. The van der Waals surface area contributed by atoms with E-state index in [2.05, 4.69) is 5.32 Å². The van der Waals surface area contributed by atoms with Crippen LogP contribution in [0.15, 0.2) is 41.3 Å². The Morgan fingerprint density at radius 3 is 2.85 bits per heavy atom. The molecule has 20 heavy (non-hydrogen) atoms. The summed E-state index contributed by atoms with van der Waals surface area (Å²) >= 11 is 5.88. The van der Waals surface area contributed by atoms with E-state index in [0.717, 1.165) is 5.56 Å². The molecule has 0 atom stereocenters. The summed E-state index contributed by atoms with van der Waals surface area (Å²) in [6.07, 6.45) is 1.44. The molecule has 0 aliphatic carbocycles. The van der Waals surface area contributed by atoms with Gasteiger partial charge in [0.2, 0.25) is 5.91 Å². The zero-order chi connectivity index (χ0) is 14.7. The van der Waals surface area contributed by atoms with Gasteiger partial charge in [0.1, 0.15) is 6.54 Å². The van der Waals surface area contributed by atoms with Crippen LogP contribution in [0.1, 0.15) is 5.56 Å². The highest BCUT2D eigenvalue weighted by Gasteiger charge is 2.07. The number of carbonyl (C=O) groups is 1. The SMILES string of the molecule is Cc1ccc(Cl)cc1NC(=O)Cn1cc(N)ccc1=O. The molecular weight excluding hydrogens is 278 g/mol. The van der Waals surface area contributed by atoms with E-state index in [9.17, 15) is 9.59 Å². The van der Waals surface area contributed by atoms with Crippen molar-refractivity contribution in [3.63, 3.8) is 0 Å². The Bertz CT molecular complexity index is 710. The third kappa shape index (κ3) is 3.39. The first kappa shape index (κ1) is 14.1. The van der Waals surface area contributed by atoms with Crippen molar-refractivity contribution < 1.29 is 4.79 Å². The number of benzene rings is 1. The second-order valence-electron chi connectivity index (χ2n) is 4.44. The van der Waals surface area contributed by atoms with E-state index in [0.29, 0.717) is 16.4 Å². The number of aromatic nitrogens is 1. The largest absolute Gasteiger partial charge is 0.398 e. The molecule has 0 fully saturated rings. The van der Waals surface area contributed by atoms with Crippen LogP contribution in [0.2, 0.25) is 5.02 Å². The lowest BCUT2D eigenvalue weighted by Crippen LogP contribution is -2.27. The summed E-state index contributed by atoms with van der Waals surface area (Å²) < 4.78 is 1.25. The number of nitrogens with two attached hydrogens (primary N) is 1. The summed E-state index contributed by atoms with van der Waals surface area (Å²) in [5, 5.41) is 3.26. The number of halogens is 1. The van der Waals surface area contributed by atoms with Gasteiger partial charge in [-0.15, -0.1) is 0 Å². The average Bonchev–Trinajstić information content (AvgIpc) is 2.38. The minimum atomic E-state index is -0.317. The van der Waals surface area contributed by atoms with Crippen LogP contribution in [0.5, 0.6) is 0 Å². The first-order valence-electron chi connectivity index (χ1n) is 5.97. The van der Waals surface area contributed by atoms with Gasteiger partial charge in [0, 0.05) is 28.7 Å². The first-order chi connectivity index (χ1) is 9.45. The fourth-order valence-electron chi connectivity index (χ4n) is 1.75. The third-order valence-electron chi connectivity index (χ3n) is 2.79. The summed E-state index contributed by atoms with van der Waals surface area (Å²) in [5.41, 5.74) is 7.25. The molecule has 0 bridgehead atoms. The topological polar surface area (TPSA) is 77.1 Å². The van der Waals surface area contributed by atoms with Gasteiger partial charge in [-0.3, -0.25) is 9.59 Å². The fraction of sp³-hybridized carbons (Fsp3) is 0.143. The number of anilines is 2. The highest BCUT2D eigenvalue weighted by atomic mass is 35.5. The molecule has 0 spiro atoms.